The molecule has 110 valence electrons. The molecule has 0 bridgehead atoms. The Morgan fingerprint density at radius 3 is 2.38 bits per heavy atom. The Bertz CT molecular complexity index is 632. The van der Waals surface area contributed by atoms with Gasteiger partial charge in [0.2, 0.25) is 0 Å². The molecule has 0 aliphatic rings. The second-order valence-corrected chi connectivity index (χ2v) is 3.81. The normalized spacial score (nSPS) is 9.24. The van der Waals surface area contributed by atoms with Crippen molar-refractivity contribution in [2.45, 2.75) is 0 Å². The Labute approximate surface area is 119 Å². The highest BCUT2D eigenvalue weighted by atomic mass is 19.1. The lowest BCUT2D eigenvalue weighted by atomic mass is 10.2. The van der Waals surface area contributed by atoms with Gasteiger partial charge < -0.3 is 11.5 Å². The molecule has 0 unspecified atom stereocenters. The number of rotatable bonds is 2. The second-order valence-electron chi connectivity index (χ2n) is 3.81. The van der Waals surface area contributed by atoms with Crippen LogP contribution in [0.1, 0.15) is 20.8 Å². The molecule has 0 spiro atoms. The number of hydrogen-bond acceptors (Lipinski definition) is 6. The topological polar surface area (TPSA) is 131 Å². The number of nitrogen functional groups attached to an aromatic ring is 2. The summed E-state index contributed by atoms with van der Waals surface area (Å²) in [6.45, 7) is 0. The lowest BCUT2D eigenvalue weighted by Crippen LogP contribution is -2.19. The lowest BCUT2D eigenvalue weighted by molar-refractivity contribution is 0.0700. The van der Waals surface area contributed by atoms with Crippen molar-refractivity contribution in [1.29, 1.82) is 0 Å². The Morgan fingerprint density at radius 1 is 1.24 bits per heavy atom. The fourth-order valence-electron chi connectivity index (χ4n) is 1.21. The van der Waals surface area contributed by atoms with Gasteiger partial charge in [0.15, 0.2) is 6.29 Å². The zero-order valence-corrected chi connectivity index (χ0v) is 10.8. The Hall–Kier alpha value is -3.00. The summed E-state index contributed by atoms with van der Waals surface area (Å²) in [5, 5.41) is 8.21. The molecule has 2 aromatic rings. The highest BCUT2D eigenvalue weighted by molar-refractivity contribution is 5.91. The van der Waals surface area contributed by atoms with Crippen molar-refractivity contribution in [3.63, 3.8) is 0 Å². The summed E-state index contributed by atoms with van der Waals surface area (Å²) in [6.07, 6.45) is 1.87. The van der Waals surface area contributed by atoms with Crippen LogP contribution in [0.25, 0.3) is 0 Å². The second kappa shape index (κ2) is 7.56. The number of amides is 1. The predicted molar refractivity (Wildman–Crippen MR) is 74.1 cm³/mol. The molecular formula is C13H13FN4O3. The maximum absolute atomic E-state index is 12.2. The van der Waals surface area contributed by atoms with E-state index in [0.29, 0.717) is 17.5 Å². The van der Waals surface area contributed by atoms with Gasteiger partial charge in [-0.05, 0) is 30.3 Å². The molecular weight excluding hydrogens is 279 g/mol. The number of aromatic nitrogens is 1. The van der Waals surface area contributed by atoms with Crippen molar-refractivity contribution < 1.29 is 19.2 Å². The quantitative estimate of drug-likeness (QED) is 0.282. The third kappa shape index (κ3) is 4.88. The molecule has 1 aromatic heterocycles. The van der Waals surface area contributed by atoms with Gasteiger partial charge in [-0.25, -0.2) is 9.87 Å². The number of nitrogens with zero attached hydrogens (tertiary/aromatic N) is 1. The molecule has 0 aliphatic heterocycles. The van der Waals surface area contributed by atoms with E-state index in [9.17, 15) is 14.0 Å². The van der Waals surface area contributed by atoms with Gasteiger partial charge in [0, 0.05) is 11.8 Å². The van der Waals surface area contributed by atoms with E-state index in [2.05, 4.69) is 4.98 Å². The zero-order chi connectivity index (χ0) is 15.8. The standard InChI is InChI=1S/C7H6N2O3.C6H7FN2/c10-4-5-1-2-6(8-3-5)7(11)9-12;7-4-1-2-5(8)6(9)3-4/h1-4,12H,(H,9,11);1-3H,8-9H2. The molecule has 0 saturated heterocycles. The smallest absolute Gasteiger partial charge is 0.293 e. The van der Waals surface area contributed by atoms with Crippen molar-refractivity contribution in [3.8, 4) is 0 Å². The minimum atomic E-state index is -0.701. The molecule has 0 fully saturated rings. The van der Waals surface area contributed by atoms with E-state index in [0.717, 1.165) is 0 Å². The van der Waals surface area contributed by atoms with E-state index in [-0.39, 0.29) is 17.2 Å². The summed E-state index contributed by atoms with van der Waals surface area (Å²) in [6, 6.07) is 6.67. The number of carbonyl (C=O) groups is 2. The number of carbonyl (C=O) groups excluding carboxylic acids is 2. The SMILES string of the molecule is Nc1ccc(F)cc1N.O=Cc1ccc(C(=O)NO)nc1. The average molecular weight is 292 g/mol. The Kier molecular flexibility index (Phi) is 5.78. The van der Waals surface area contributed by atoms with Crippen LogP contribution in [0.2, 0.25) is 0 Å². The van der Waals surface area contributed by atoms with E-state index in [1.165, 1.54) is 42.0 Å². The first-order valence-electron chi connectivity index (χ1n) is 5.64. The van der Waals surface area contributed by atoms with Crippen molar-refractivity contribution in [3.05, 3.63) is 53.6 Å². The van der Waals surface area contributed by atoms with Gasteiger partial charge in [-0.1, -0.05) is 0 Å². The molecule has 6 N–H and O–H groups in total. The maximum atomic E-state index is 12.2. The van der Waals surface area contributed by atoms with E-state index in [1.54, 1.807) is 0 Å². The van der Waals surface area contributed by atoms with Crippen LogP contribution in [0, 0.1) is 5.82 Å². The van der Waals surface area contributed by atoms with Gasteiger partial charge in [-0.3, -0.25) is 19.8 Å². The fraction of sp³-hybridized carbons (Fsp3) is 0. The summed E-state index contributed by atoms with van der Waals surface area (Å²) < 4.78 is 12.2. The van der Waals surface area contributed by atoms with Crippen LogP contribution in [0.4, 0.5) is 15.8 Å². The molecule has 0 atom stereocenters. The minimum Gasteiger partial charge on any atom is -0.397 e. The molecule has 8 heteroatoms. The maximum Gasteiger partial charge on any atom is 0.293 e. The van der Waals surface area contributed by atoms with E-state index < -0.39 is 5.91 Å². The monoisotopic (exact) mass is 292 g/mol. The van der Waals surface area contributed by atoms with E-state index in [1.807, 2.05) is 0 Å². The number of hydrogen-bond donors (Lipinski definition) is 4. The molecule has 1 aromatic carbocycles. The molecule has 21 heavy (non-hydrogen) atoms. The molecule has 7 nitrogen and oxygen atoms in total. The minimum absolute atomic E-state index is 0.0584. The van der Waals surface area contributed by atoms with Crippen molar-refractivity contribution in [2.75, 3.05) is 11.5 Å². The summed E-state index contributed by atoms with van der Waals surface area (Å²) in [5.41, 5.74) is 13.1. The lowest BCUT2D eigenvalue weighted by Gasteiger charge is -1.96. The number of benzene rings is 1. The van der Waals surface area contributed by atoms with Gasteiger partial charge in [0.1, 0.15) is 11.5 Å². The van der Waals surface area contributed by atoms with Crippen LogP contribution in [-0.4, -0.2) is 22.4 Å². The number of pyridine rings is 1. The molecule has 1 heterocycles. The van der Waals surface area contributed by atoms with E-state index >= 15 is 0 Å². The van der Waals surface area contributed by atoms with Crippen molar-refractivity contribution >= 4 is 23.6 Å². The molecule has 0 aliphatic carbocycles. The molecule has 0 radical (unpaired) electrons. The Balaban J connectivity index is 0.000000219. The van der Waals surface area contributed by atoms with E-state index in [4.69, 9.17) is 16.7 Å². The summed E-state index contributed by atoms with van der Waals surface area (Å²) in [4.78, 5) is 24.5. The van der Waals surface area contributed by atoms with Crippen LogP contribution in [0.5, 0.6) is 0 Å². The third-order valence-corrected chi connectivity index (χ3v) is 2.31. The van der Waals surface area contributed by atoms with Gasteiger partial charge in [-0.2, -0.15) is 0 Å². The zero-order valence-electron chi connectivity index (χ0n) is 10.8. The number of halogens is 1. The van der Waals surface area contributed by atoms with Gasteiger partial charge in [0.05, 0.1) is 11.4 Å². The summed E-state index contributed by atoms with van der Waals surface area (Å²) in [7, 11) is 0. The van der Waals surface area contributed by atoms with Crippen LogP contribution in [0.3, 0.4) is 0 Å². The summed E-state index contributed by atoms with van der Waals surface area (Å²) in [5.74, 6) is -1.06. The molecule has 2 rings (SSSR count). The third-order valence-electron chi connectivity index (χ3n) is 2.31. The number of aldehydes is 1. The highest BCUT2D eigenvalue weighted by Crippen LogP contribution is 2.13. The van der Waals surface area contributed by atoms with Crippen molar-refractivity contribution in [1.82, 2.24) is 10.5 Å². The first kappa shape index (κ1) is 16.1. The predicted octanol–water partition coefficient (Wildman–Crippen LogP) is 1.00. The number of anilines is 2. The Morgan fingerprint density at radius 2 is 1.95 bits per heavy atom. The highest BCUT2D eigenvalue weighted by Gasteiger charge is 2.03. The van der Waals surface area contributed by atoms with Crippen LogP contribution < -0.4 is 16.9 Å². The number of nitrogens with one attached hydrogen (secondary N) is 1. The number of nitrogens with two attached hydrogens (primary N) is 2. The van der Waals surface area contributed by atoms with Crippen LogP contribution >= 0.6 is 0 Å². The number of hydroxylamine groups is 1. The van der Waals surface area contributed by atoms with Crippen LogP contribution in [0.15, 0.2) is 36.5 Å². The fourth-order valence-corrected chi connectivity index (χ4v) is 1.21. The molecule has 1 amide bonds. The molecule has 0 saturated carbocycles. The average Bonchev–Trinajstić information content (AvgIpc) is 2.51. The van der Waals surface area contributed by atoms with Crippen LogP contribution in [-0.2, 0) is 0 Å². The largest absolute Gasteiger partial charge is 0.397 e. The van der Waals surface area contributed by atoms with Gasteiger partial charge >= 0.3 is 0 Å². The van der Waals surface area contributed by atoms with Gasteiger partial charge in [-0.15, -0.1) is 0 Å². The summed E-state index contributed by atoms with van der Waals surface area (Å²) >= 11 is 0. The van der Waals surface area contributed by atoms with Gasteiger partial charge in [0.25, 0.3) is 5.91 Å². The first-order valence-corrected chi connectivity index (χ1v) is 5.64. The first-order chi connectivity index (χ1) is 9.97. The van der Waals surface area contributed by atoms with Crippen molar-refractivity contribution in [2.24, 2.45) is 0 Å².